The highest BCUT2D eigenvalue weighted by Gasteiger charge is 2.25. The van der Waals surface area contributed by atoms with Crippen molar-refractivity contribution in [1.82, 2.24) is 10.2 Å². The first-order valence-corrected chi connectivity index (χ1v) is 8.07. The summed E-state index contributed by atoms with van der Waals surface area (Å²) in [7, 11) is 0. The van der Waals surface area contributed by atoms with Crippen LogP contribution in [0.25, 0.3) is 10.1 Å². The number of benzene rings is 1. The Bertz CT molecular complexity index is 729. The Labute approximate surface area is 135 Å². The number of carbonyl (C=O) groups excluding carboxylic acids is 2. The zero-order chi connectivity index (χ0) is 15.0. The number of amides is 2. The fourth-order valence-corrected chi connectivity index (χ4v) is 4.06. The first-order valence-electron chi connectivity index (χ1n) is 6.50. The molecule has 1 N–H and O–H groups in total. The highest BCUT2D eigenvalue weighted by molar-refractivity contribution is 7.21. The molecule has 0 radical (unpaired) electrons. The molecule has 1 saturated heterocycles. The molecular formula is C14H12Cl2N2O2S. The van der Waals surface area contributed by atoms with Crippen molar-refractivity contribution in [3.05, 3.63) is 33.1 Å². The SMILES string of the molecule is O=C1CN(C(=O)c2sc3cc(Cl)ccc3c2Cl)CCCN1. The maximum atomic E-state index is 12.6. The van der Waals surface area contributed by atoms with Gasteiger partial charge in [0.15, 0.2) is 0 Å². The van der Waals surface area contributed by atoms with Crippen molar-refractivity contribution in [2.24, 2.45) is 0 Å². The molecule has 2 heterocycles. The molecule has 0 spiro atoms. The number of carbonyl (C=O) groups is 2. The maximum Gasteiger partial charge on any atom is 0.265 e. The second-order valence-corrected chi connectivity index (χ2v) is 6.68. The third-order valence-electron chi connectivity index (χ3n) is 3.33. The van der Waals surface area contributed by atoms with E-state index in [-0.39, 0.29) is 18.4 Å². The van der Waals surface area contributed by atoms with Gasteiger partial charge in [0.1, 0.15) is 4.88 Å². The van der Waals surface area contributed by atoms with E-state index in [1.165, 1.54) is 11.3 Å². The normalized spacial score (nSPS) is 15.9. The molecule has 2 aromatic rings. The van der Waals surface area contributed by atoms with Gasteiger partial charge in [-0.1, -0.05) is 29.3 Å². The highest BCUT2D eigenvalue weighted by atomic mass is 35.5. The van der Waals surface area contributed by atoms with E-state index in [9.17, 15) is 9.59 Å². The van der Waals surface area contributed by atoms with E-state index in [0.717, 1.165) is 16.5 Å². The Morgan fingerprint density at radius 3 is 2.95 bits per heavy atom. The van der Waals surface area contributed by atoms with Gasteiger partial charge in [-0.2, -0.15) is 0 Å². The van der Waals surface area contributed by atoms with E-state index >= 15 is 0 Å². The third kappa shape index (κ3) is 2.86. The standard InChI is InChI=1S/C14H12Cl2N2O2S/c15-8-2-3-9-10(6-8)21-13(12(9)16)14(20)18-5-1-4-17-11(19)7-18/h2-3,6H,1,4-5,7H2,(H,17,19). The Balaban J connectivity index is 1.97. The molecule has 1 aliphatic rings. The Morgan fingerprint density at radius 1 is 1.33 bits per heavy atom. The van der Waals surface area contributed by atoms with E-state index in [1.807, 2.05) is 6.07 Å². The van der Waals surface area contributed by atoms with Crippen LogP contribution in [-0.2, 0) is 4.79 Å². The lowest BCUT2D eigenvalue weighted by Crippen LogP contribution is -2.37. The van der Waals surface area contributed by atoms with Crippen LogP contribution in [0.15, 0.2) is 18.2 Å². The second kappa shape index (κ2) is 5.83. The summed E-state index contributed by atoms with van der Waals surface area (Å²) in [6.07, 6.45) is 0.742. The zero-order valence-corrected chi connectivity index (χ0v) is 13.3. The average molecular weight is 343 g/mol. The van der Waals surface area contributed by atoms with Gasteiger partial charge in [0.2, 0.25) is 5.91 Å². The first kappa shape index (κ1) is 14.6. The fraction of sp³-hybridized carbons (Fsp3) is 0.286. The summed E-state index contributed by atoms with van der Waals surface area (Å²) in [4.78, 5) is 26.2. The summed E-state index contributed by atoms with van der Waals surface area (Å²) in [5.41, 5.74) is 0. The van der Waals surface area contributed by atoms with Gasteiger partial charge in [-0.25, -0.2) is 0 Å². The van der Waals surface area contributed by atoms with Crippen LogP contribution >= 0.6 is 34.5 Å². The highest BCUT2D eigenvalue weighted by Crippen LogP contribution is 2.37. The summed E-state index contributed by atoms with van der Waals surface area (Å²) in [5.74, 6) is -0.337. The molecule has 1 aromatic carbocycles. The minimum atomic E-state index is -0.200. The minimum absolute atomic E-state index is 0.0736. The Hall–Kier alpha value is -1.30. The van der Waals surface area contributed by atoms with E-state index in [1.54, 1.807) is 17.0 Å². The van der Waals surface area contributed by atoms with E-state index in [2.05, 4.69) is 5.32 Å². The third-order valence-corrected chi connectivity index (χ3v) is 5.21. The Morgan fingerprint density at radius 2 is 2.14 bits per heavy atom. The van der Waals surface area contributed by atoms with Gasteiger partial charge in [0.25, 0.3) is 5.91 Å². The summed E-state index contributed by atoms with van der Waals surface area (Å²) < 4.78 is 0.870. The number of hydrogen-bond acceptors (Lipinski definition) is 3. The molecule has 21 heavy (non-hydrogen) atoms. The summed E-state index contributed by atoms with van der Waals surface area (Å²) in [6.45, 7) is 1.21. The van der Waals surface area contributed by atoms with Crippen LogP contribution in [0, 0.1) is 0 Å². The molecule has 1 aliphatic heterocycles. The fourth-order valence-electron chi connectivity index (χ4n) is 2.30. The van der Waals surface area contributed by atoms with Crippen LogP contribution in [0.3, 0.4) is 0 Å². The minimum Gasteiger partial charge on any atom is -0.354 e. The summed E-state index contributed by atoms with van der Waals surface area (Å²) in [5, 5.41) is 4.60. The maximum absolute atomic E-state index is 12.6. The molecule has 110 valence electrons. The van der Waals surface area contributed by atoms with Crippen LogP contribution in [0.4, 0.5) is 0 Å². The quantitative estimate of drug-likeness (QED) is 0.865. The molecule has 4 nitrogen and oxygen atoms in total. The molecule has 0 atom stereocenters. The van der Waals surface area contributed by atoms with Gasteiger partial charge in [-0.3, -0.25) is 9.59 Å². The van der Waals surface area contributed by atoms with Crippen molar-refractivity contribution in [3.63, 3.8) is 0 Å². The van der Waals surface area contributed by atoms with Crippen molar-refractivity contribution in [1.29, 1.82) is 0 Å². The topological polar surface area (TPSA) is 49.4 Å². The lowest BCUT2D eigenvalue weighted by Gasteiger charge is -2.18. The van der Waals surface area contributed by atoms with E-state index < -0.39 is 0 Å². The van der Waals surface area contributed by atoms with Crippen LogP contribution < -0.4 is 5.32 Å². The number of fused-ring (bicyclic) bond motifs is 1. The van der Waals surface area contributed by atoms with Crippen molar-refractivity contribution in [2.45, 2.75) is 6.42 Å². The molecular weight excluding hydrogens is 331 g/mol. The predicted octanol–water partition coefficient (Wildman–Crippen LogP) is 3.17. The first-order chi connectivity index (χ1) is 10.1. The molecule has 3 rings (SSSR count). The van der Waals surface area contributed by atoms with E-state index in [0.29, 0.717) is 28.0 Å². The Kier molecular flexibility index (Phi) is 4.06. The van der Waals surface area contributed by atoms with Crippen LogP contribution in [-0.4, -0.2) is 36.3 Å². The molecule has 7 heteroatoms. The second-order valence-electron chi connectivity index (χ2n) is 4.82. The summed E-state index contributed by atoms with van der Waals surface area (Å²) >= 11 is 13.6. The lowest BCUT2D eigenvalue weighted by molar-refractivity contribution is -0.121. The van der Waals surface area contributed by atoms with Crippen LogP contribution in [0.1, 0.15) is 16.1 Å². The zero-order valence-electron chi connectivity index (χ0n) is 11.0. The van der Waals surface area contributed by atoms with Crippen molar-refractivity contribution in [2.75, 3.05) is 19.6 Å². The predicted molar refractivity (Wildman–Crippen MR) is 85.4 cm³/mol. The number of thiophene rings is 1. The molecule has 0 unspecified atom stereocenters. The number of rotatable bonds is 1. The van der Waals surface area contributed by atoms with Gasteiger partial charge in [0, 0.05) is 28.2 Å². The molecule has 0 bridgehead atoms. The molecule has 0 aliphatic carbocycles. The van der Waals surface area contributed by atoms with Crippen molar-refractivity contribution in [3.8, 4) is 0 Å². The molecule has 2 amide bonds. The average Bonchev–Trinajstić information content (AvgIpc) is 2.63. The largest absolute Gasteiger partial charge is 0.354 e. The van der Waals surface area contributed by atoms with Crippen LogP contribution in [0.2, 0.25) is 10.0 Å². The van der Waals surface area contributed by atoms with Gasteiger partial charge in [-0.15, -0.1) is 11.3 Å². The number of halogens is 2. The molecule has 0 saturated carbocycles. The number of nitrogens with zero attached hydrogens (tertiary/aromatic N) is 1. The van der Waals surface area contributed by atoms with Gasteiger partial charge < -0.3 is 10.2 Å². The number of nitrogens with one attached hydrogen (secondary N) is 1. The van der Waals surface area contributed by atoms with E-state index in [4.69, 9.17) is 23.2 Å². The molecule has 1 fully saturated rings. The van der Waals surface area contributed by atoms with Gasteiger partial charge in [-0.05, 0) is 18.6 Å². The van der Waals surface area contributed by atoms with Gasteiger partial charge >= 0.3 is 0 Å². The summed E-state index contributed by atoms with van der Waals surface area (Å²) in [6, 6.07) is 5.35. The van der Waals surface area contributed by atoms with Crippen molar-refractivity contribution >= 4 is 56.4 Å². The lowest BCUT2D eigenvalue weighted by atomic mass is 10.2. The number of hydrogen-bond donors (Lipinski definition) is 1. The molecule has 1 aromatic heterocycles. The smallest absolute Gasteiger partial charge is 0.265 e. The monoisotopic (exact) mass is 342 g/mol. The van der Waals surface area contributed by atoms with Gasteiger partial charge in [0.05, 0.1) is 11.6 Å². The van der Waals surface area contributed by atoms with Crippen LogP contribution in [0.5, 0.6) is 0 Å². The van der Waals surface area contributed by atoms with Crippen molar-refractivity contribution < 1.29 is 9.59 Å².